The van der Waals surface area contributed by atoms with E-state index in [-0.39, 0.29) is 11.8 Å². The Balaban J connectivity index is 2.17. The zero-order valence-corrected chi connectivity index (χ0v) is 12.1. The van der Waals surface area contributed by atoms with E-state index in [0.29, 0.717) is 36.7 Å². The fourth-order valence-corrected chi connectivity index (χ4v) is 2.24. The van der Waals surface area contributed by atoms with Crippen LogP contribution in [0.25, 0.3) is 0 Å². The second-order valence-electron chi connectivity index (χ2n) is 4.74. The van der Waals surface area contributed by atoms with Gasteiger partial charge >= 0.3 is 0 Å². The Hall–Kier alpha value is -2.26. The summed E-state index contributed by atoms with van der Waals surface area (Å²) >= 11 is 0. The summed E-state index contributed by atoms with van der Waals surface area (Å²) in [7, 11) is 3.07. The fourth-order valence-electron chi connectivity index (χ4n) is 2.24. The number of hydrogen-bond donors (Lipinski definition) is 1. The van der Waals surface area contributed by atoms with Crippen molar-refractivity contribution in [3.63, 3.8) is 0 Å². The average molecular weight is 290 g/mol. The molecule has 2 rings (SSSR count). The van der Waals surface area contributed by atoms with Crippen LogP contribution in [0.5, 0.6) is 11.5 Å². The molecule has 1 aliphatic rings. The molecule has 0 saturated carbocycles. The minimum Gasteiger partial charge on any atom is -0.497 e. The quantitative estimate of drug-likeness (QED) is 0.887. The van der Waals surface area contributed by atoms with Crippen molar-refractivity contribution in [3.05, 3.63) is 23.8 Å². The highest BCUT2D eigenvalue weighted by Crippen LogP contribution is 2.29. The summed E-state index contributed by atoms with van der Waals surface area (Å²) in [5.74, 6) is 0.772. The maximum Gasteiger partial charge on any atom is 0.226 e. The number of methoxy groups -OCH3 is 2. The van der Waals surface area contributed by atoms with Gasteiger partial charge in [-0.1, -0.05) is 0 Å². The molecule has 0 bridgehead atoms. The monoisotopic (exact) mass is 290 g/mol. The van der Waals surface area contributed by atoms with Crippen molar-refractivity contribution in [2.45, 2.75) is 12.5 Å². The van der Waals surface area contributed by atoms with Gasteiger partial charge < -0.3 is 19.5 Å². The van der Waals surface area contributed by atoms with Gasteiger partial charge in [0.25, 0.3) is 0 Å². The maximum atomic E-state index is 12.1. The number of nitrogens with one attached hydrogen (secondary N) is 1. The molecule has 0 aromatic heterocycles. The van der Waals surface area contributed by atoms with E-state index in [1.54, 1.807) is 25.3 Å². The number of nitrogens with zero attached hydrogens (tertiary/aromatic N) is 1. The number of ether oxygens (including phenoxy) is 3. The molecule has 1 aliphatic heterocycles. The Morgan fingerprint density at radius 3 is 2.86 bits per heavy atom. The van der Waals surface area contributed by atoms with Gasteiger partial charge in [0.05, 0.1) is 32.8 Å². The van der Waals surface area contributed by atoms with Gasteiger partial charge in [0.15, 0.2) is 0 Å². The number of benzene rings is 1. The lowest BCUT2D eigenvalue weighted by atomic mass is 10.0. The van der Waals surface area contributed by atoms with Crippen LogP contribution in [0, 0.1) is 17.2 Å². The normalized spacial score (nSPS) is 18.6. The molecule has 1 heterocycles. The highest BCUT2D eigenvalue weighted by molar-refractivity contribution is 5.80. The van der Waals surface area contributed by atoms with Gasteiger partial charge in [-0.05, 0) is 18.6 Å². The molecule has 1 aromatic carbocycles. The Kier molecular flexibility index (Phi) is 5.01. The number of rotatable bonds is 5. The van der Waals surface area contributed by atoms with Gasteiger partial charge in [0, 0.05) is 18.2 Å². The number of amides is 1. The van der Waals surface area contributed by atoms with Crippen molar-refractivity contribution in [2.24, 2.45) is 5.92 Å². The Labute approximate surface area is 123 Å². The number of hydrogen-bond acceptors (Lipinski definition) is 5. The van der Waals surface area contributed by atoms with Crippen LogP contribution in [0.4, 0.5) is 0 Å². The molecule has 6 nitrogen and oxygen atoms in total. The average Bonchev–Trinajstić information content (AvgIpc) is 3.06. The molecule has 1 amide bonds. The van der Waals surface area contributed by atoms with Crippen molar-refractivity contribution in [3.8, 4) is 17.6 Å². The highest BCUT2D eigenvalue weighted by atomic mass is 16.5. The number of carbonyl (C=O) groups excluding carboxylic acids is 1. The summed E-state index contributed by atoms with van der Waals surface area (Å²) in [5.41, 5.74) is 0.605. The predicted octanol–water partition coefficient (Wildman–Crippen LogP) is 1.42. The SMILES string of the molecule is COc1ccc([C@@H](C#N)NC(=O)[C@H]2CCOC2)c(OC)c1. The molecule has 0 aliphatic carbocycles. The van der Waals surface area contributed by atoms with Gasteiger partial charge in [0.2, 0.25) is 5.91 Å². The Morgan fingerprint density at radius 1 is 1.48 bits per heavy atom. The van der Waals surface area contributed by atoms with Crippen LogP contribution in [-0.4, -0.2) is 33.3 Å². The molecule has 0 radical (unpaired) electrons. The van der Waals surface area contributed by atoms with E-state index in [9.17, 15) is 10.1 Å². The molecule has 112 valence electrons. The topological polar surface area (TPSA) is 80.6 Å². The Bertz CT molecular complexity index is 547. The summed E-state index contributed by atoms with van der Waals surface area (Å²) in [5, 5.41) is 12.1. The van der Waals surface area contributed by atoms with Gasteiger partial charge in [-0.2, -0.15) is 5.26 Å². The molecular weight excluding hydrogens is 272 g/mol. The molecule has 6 heteroatoms. The predicted molar refractivity (Wildman–Crippen MR) is 75.0 cm³/mol. The zero-order chi connectivity index (χ0) is 15.2. The van der Waals surface area contributed by atoms with Crippen molar-refractivity contribution < 1.29 is 19.0 Å². The van der Waals surface area contributed by atoms with Crippen molar-refractivity contribution >= 4 is 5.91 Å². The van der Waals surface area contributed by atoms with Gasteiger partial charge in [-0.15, -0.1) is 0 Å². The largest absolute Gasteiger partial charge is 0.497 e. The van der Waals surface area contributed by atoms with Crippen molar-refractivity contribution in [1.82, 2.24) is 5.32 Å². The lowest BCUT2D eigenvalue weighted by Gasteiger charge is -2.17. The third-order valence-corrected chi connectivity index (χ3v) is 3.47. The molecule has 1 aromatic rings. The van der Waals surface area contributed by atoms with E-state index in [0.717, 1.165) is 0 Å². The van der Waals surface area contributed by atoms with E-state index in [2.05, 4.69) is 11.4 Å². The van der Waals surface area contributed by atoms with Crippen LogP contribution in [-0.2, 0) is 9.53 Å². The van der Waals surface area contributed by atoms with Crippen molar-refractivity contribution in [2.75, 3.05) is 27.4 Å². The zero-order valence-electron chi connectivity index (χ0n) is 12.1. The van der Waals surface area contributed by atoms with Crippen LogP contribution >= 0.6 is 0 Å². The second kappa shape index (κ2) is 6.95. The molecule has 1 fully saturated rings. The third-order valence-electron chi connectivity index (χ3n) is 3.47. The lowest BCUT2D eigenvalue weighted by Crippen LogP contribution is -2.33. The van der Waals surface area contributed by atoms with E-state index in [4.69, 9.17) is 14.2 Å². The summed E-state index contributed by atoms with van der Waals surface area (Å²) < 4.78 is 15.6. The Morgan fingerprint density at radius 2 is 2.29 bits per heavy atom. The molecule has 21 heavy (non-hydrogen) atoms. The smallest absolute Gasteiger partial charge is 0.226 e. The van der Waals surface area contributed by atoms with Gasteiger partial charge in [0.1, 0.15) is 17.5 Å². The van der Waals surface area contributed by atoms with E-state index in [1.807, 2.05) is 0 Å². The van der Waals surface area contributed by atoms with Crippen LogP contribution in [0.2, 0.25) is 0 Å². The molecule has 1 N–H and O–H groups in total. The first-order valence-corrected chi connectivity index (χ1v) is 6.69. The van der Waals surface area contributed by atoms with Crippen LogP contribution in [0.1, 0.15) is 18.0 Å². The minimum atomic E-state index is -0.765. The summed E-state index contributed by atoms with van der Waals surface area (Å²) in [6.45, 7) is 0.991. The molecule has 0 unspecified atom stereocenters. The first kappa shape index (κ1) is 15.1. The fraction of sp³-hybridized carbons (Fsp3) is 0.467. The van der Waals surface area contributed by atoms with Crippen LogP contribution in [0.3, 0.4) is 0 Å². The summed E-state index contributed by atoms with van der Waals surface area (Å²) in [6, 6.07) is 6.46. The van der Waals surface area contributed by atoms with E-state index in [1.165, 1.54) is 7.11 Å². The number of nitriles is 1. The summed E-state index contributed by atoms with van der Waals surface area (Å²) in [6.07, 6.45) is 0.684. The third kappa shape index (κ3) is 3.44. The van der Waals surface area contributed by atoms with Gasteiger partial charge in [-0.3, -0.25) is 4.79 Å². The lowest BCUT2D eigenvalue weighted by molar-refractivity contribution is -0.125. The van der Waals surface area contributed by atoms with E-state index >= 15 is 0 Å². The molecular formula is C15H18N2O4. The number of carbonyl (C=O) groups is 1. The van der Waals surface area contributed by atoms with E-state index < -0.39 is 6.04 Å². The molecule has 0 spiro atoms. The molecule has 2 atom stereocenters. The maximum absolute atomic E-state index is 12.1. The highest BCUT2D eigenvalue weighted by Gasteiger charge is 2.27. The molecule has 1 saturated heterocycles. The first-order valence-electron chi connectivity index (χ1n) is 6.69. The van der Waals surface area contributed by atoms with Gasteiger partial charge in [-0.25, -0.2) is 0 Å². The summed E-state index contributed by atoms with van der Waals surface area (Å²) in [4.78, 5) is 12.1. The minimum absolute atomic E-state index is 0.170. The van der Waals surface area contributed by atoms with Crippen LogP contribution < -0.4 is 14.8 Å². The van der Waals surface area contributed by atoms with Crippen LogP contribution in [0.15, 0.2) is 18.2 Å². The first-order chi connectivity index (χ1) is 10.2. The van der Waals surface area contributed by atoms with Crippen molar-refractivity contribution in [1.29, 1.82) is 5.26 Å². The standard InChI is InChI=1S/C15H18N2O4/c1-19-11-3-4-12(14(7-11)20-2)13(8-16)17-15(18)10-5-6-21-9-10/h3-4,7,10,13H,5-6,9H2,1-2H3,(H,17,18)/t10-,13+/m0/s1. The second-order valence-corrected chi connectivity index (χ2v) is 4.74.